The molecule has 2 atom stereocenters. The summed E-state index contributed by atoms with van der Waals surface area (Å²) in [5.74, 6) is 0.407. The van der Waals surface area contributed by atoms with Gasteiger partial charge in [0.1, 0.15) is 0 Å². The number of carbonyl (C=O) groups excluding carboxylic acids is 2. The SMILES string of the molecule is O=C(NC1[C@@H](c2ccccc2)NC(=O)C12CC2)C1CC1. The zero-order chi connectivity index (χ0) is 13.7. The summed E-state index contributed by atoms with van der Waals surface area (Å²) < 4.78 is 0. The van der Waals surface area contributed by atoms with Gasteiger partial charge >= 0.3 is 0 Å². The molecule has 2 amide bonds. The lowest BCUT2D eigenvalue weighted by molar-refractivity contribution is -0.125. The van der Waals surface area contributed by atoms with Crippen LogP contribution in [0.5, 0.6) is 0 Å². The Morgan fingerprint density at radius 3 is 2.50 bits per heavy atom. The van der Waals surface area contributed by atoms with E-state index >= 15 is 0 Å². The molecule has 4 rings (SSSR count). The summed E-state index contributed by atoms with van der Waals surface area (Å²) in [6, 6.07) is 9.76. The van der Waals surface area contributed by atoms with Gasteiger partial charge in [-0.2, -0.15) is 0 Å². The molecule has 2 aliphatic carbocycles. The molecule has 1 aromatic carbocycles. The van der Waals surface area contributed by atoms with E-state index < -0.39 is 0 Å². The lowest BCUT2D eigenvalue weighted by Crippen LogP contribution is -2.43. The number of carbonyl (C=O) groups is 2. The van der Waals surface area contributed by atoms with E-state index in [2.05, 4.69) is 10.6 Å². The van der Waals surface area contributed by atoms with E-state index in [0.29, 0.717) is 0 Å². The van der Waals surface area contributed by atoms with Crippen LogP contribution in [0, 0.1) is 11.3 Å². The minimum atomic E-state index is -0.342. The summed E-state index contributed by atoms with van der Waals surface area (Å²) in [6.07, 6.45) is 3.75. The van der Waals surface area contributed by atoms with Crippen LogP contribution < -0.4 is 10.6 Å². The van der Waals surface area contributed by atoms with Gasteiger partial charge in [0.15, 0.2) is 0 Å². The third-order valence-electron chi connectivity index (χ3n) is 4.86. The highest BCUT2D eigenvalue weighted by Gasteiger charge is 2.63. The number of rotatable bonds is 3. The molecule has 1 aromatic rings. The number of benzene rings is 1. The quantitative estimate of drug-likeness (QED) is 0.875. The van der Waals surface area contributed by atoms with Crippen LogP contribution in [-0.2, 0) is 9.59 Å². The monoisotopic (exact) mass is 270 g/mol. The van der Waals surface area contributed by atoms with Gasteiger partial charge in [0.05, 0.1) is 17.5 Å². The van der Waals surface area contributed by atoms with E-state index in [9.17, 15) is 9.59 Å². The molecule has 104 valence electrons. The van der Waals surface area contributed by atoms with Gasteiger partial charge in [-0.25, -0.2) is 0 Å². The molecule has 1 unspecified atom stereocenters. The fourth-order valence-electron chi connectivity index (χ4n) is 3.28. The number of hydrogen-bond donors (Lipinski definition) is 2. The lowest BCUT2D eigenvalue weighted by Gasteiger charge is -2.24. The molecule has 1 heterocycles. The van der Waals surface area contributed by atoms with E-state index in [1.54, 1.807) is 0 Å². The Kier molecular flexibility index (Phi) is 2.43. The first-order valence-corrected chi connectivity index (χ1v) is 7.37. The second-order valence-electron chi connectivity index (χ2n) is 6.28. The molecular formula is C16H18N2O2. The summed E-state index contributed by atoms with van der Waals surface area (Å²) in [6.45, 7) is 0. The topological polar surface area (TPSA) is 58.2 Å². The van der Waals surface area contributed by atoms with Gasteiger partial charge in [0.25, 0.3) is 0 Å². The second-order valence-corrected chi connectivity index (χ2v) is 6.28. The van der Waals surface area contributed by atoms with Crippen LogP contribution in [0.4, 0.5) is 0 Å². The van der Waals surface area contributed by atoms with Gasteiger partial charge in [-0.3, -0.25) is 9.59 Å². The van der Waals surface area contributed by atoms with Crippen molar-refractivity contribution in [3.63, 3.8) is 0 Å². The molecule has 1 aliphatic heterocycles. The summed E-state index contributed by atoms with van der Waals surface area (Å²) in [4.78, 5) is 24.4. The third-order valence-corrected chi connectivity index (χ3v) is 4.86. The summed E-state index contributed by atoms with van der Waals surface area (Å²) in [5, 5.41) is 6.23. The maximum atomic E-state index is 12.3. The molecule has 3 fully saturated rings. The average molecular weight is 270 g/mol. The van der Waals surface area contributed by atoms with Crippen LogP contribution in [0.15, 0.2) is 30.3 Å². The highest BCUT2D eigenvalue weighted by Crippen LogP contribution is 2.56. The number of hydrogen-bond acceptors (Lipinski definition) is 2. The first-order chi connectivity index (χ1) is 9.71. The molecule has 4 heteroatoms. The van der Waals surface area contributed by atoms with Gasteiger partial charge < -0.3 is 10.6 Å². The normalized spacial score (nSPS) is 30.1. The number of amides is 2. The molecule has 2 saturated carbocycles. The van der Waals surface area contributed by atoms with E-state index in [0.717, 1.165) is 31.2 Å². The molecule has 0 aromatic heterocycles. The largest absolute Gasteiger partial charge is 0.350 e. The molecule has 2 N–H and O–H groups in total. The van der Waals surface area contributed by atoms with Crippen LogP contribution >= 0.6 is 0 Å². The zero-order valence-corrected chi connectivity index (χ0v) is 11.3. The molecule has 0 bridgehead atoms. The zero-order valence-electron chi connectivity index (χ0n) is 11.3. The molecule has 1 spiro atoms. The Balaban J connectivity index is 1.63. The van der Waals surface area contributed by atoms with Gasteiger partial charge in [-0.1, -0.05) is 30.3 Å². The Morgan fingerprint density at radius 1 is 1.20 bits per heavy atom. The van der Waals surface area contributed by atoms with Crippen LogP contribution in [0.1, 0.15) is 37.3 Å². The van der Waals surface area contributed by atoms with Crippen LogP contribution in [0.2, 0.25) is 0 Å². The van der Waals surface area contributed by atoms with Gasteiger partial charge in [-0.15, -0.1) is 0 Å². The molecule has 20 heavy (non-hydrogen) atoms. The van der Waals surface area contributed by atoms with Crippen LogP contribution in [-0.4, -0.2) is 17.9 Å². The minimum absolute atomic E-state index is 0.0890. The highest BCUT2D eigenvalue weighted by atomic mass is 16.2. The lowest BCUT2D eigenvalue weighted by atomic mass is 9.91. The fraction of sp³-hybridized carbons (Fsp3) is 0.500. The van der Waals surface area contributed by atoms with E-state index in [4.69, 9.17) is 0 Å². The predicted octanol–water partition coefficient (Wildman–Crippen LogP) is 1.53. The van der Waals surface area contributed by atoms with Gasteiger partial charge in [0, 0.05) is 5.92 Å². The van der Waals surface area contributed by atoms with Crippen molar-refractivity contribution in [3.05, 3.63) is 35.9 Å². The third kappa shape index (κ3) is 1.74. The van der Waals surface area contributed by atoms with Crippen molar-refractivity contribution in [2.24, 2.45) is 11.3 Å². The molecule has 0 radical (unpaired) electrons. The minimum Gasteiger partial charge on any atom is -0.350 e. The molecule has 1 saturated heterocycles. The predicted molar refractivity (Wildman–Crippen MR) is 73.6 cm³/mol. The van der Waals surface area contributed by atoms with Crippen molar-refractivity contribution in [3.8, 4) is 0 Å². The van der Waals surface area contributed by atoms with E-state index in [1.165, 1.54) is 0 Å². The summed E-state index contributed by atoms with van der Waals surface area (Å²) in [5.41, 5.74) is 0.733. The van der Waals surface area contributed by atoms with Crippen LogP contribution in [0.25, 0.3) is 0 Å². The molecular weight excluding hydrogens is 252 g/mol. The fourth-order valence-corrected chi connectivity index (χ4v) is 3.28. The van der Waals surface area contributed by atoms with Gasteiger partial charge in [-0.05, 0) is 31.2 Å². The highest BCUT2D eigenvalue weighted by molar-refractivity contribution is 5.91. The maximum Gasteiger partial charge on any atom is 0.228 e. The van der Waals surface area contributed by atoms with Gasteiger partial charge in [0.2, 0.25) is 11.8 Å². The van der Waals surface area contributed by atoms with Crippen molar-refractivity contribution in [1.29, 1.82) is 0 Å². The van der Waals surface area contributed by atoms with E-state index in [1.807, 2.05) is 30.3 Å². The maximum absolute atomic E-state index is 12.3. The van der Waals surface area contributed by atoms with Crippen molar-refractivity contribution >= 4 is 11.8 Å². The Hall–Kier alpha value is -1.84. The summed E-state index contributed by atoms with van der Waals surface area (Å²) in [7, 11) is 0. The first kappa shape index (κ1) is 11.9. The van der Waals surface area contributed by atoms with Crippen molar-refractivity contribution in [1.82, 2.24) is 10.6 Å². The number of nitrogens with one attached hydrogen (secondary N) is 2. The molecule has 4 nitrogen and oxygen atoms in total. The molecule has 3 aliphatic rings. The van der Waals surface area contributed by atoms with Crippen molar-refractivity contribution in [2.75, 3.05) is 0 Å². The Bertz CT molecular complexity index is 561. The average Bonchev–Trinajstić information content (AvgIpc) is 3.35. The smallest absolute Gasteiger partial charge is 0.228 e. The van der Waals surface area contributed by atoms with Crippen molar-refractivity contribution in [2.45, 2.75) is 37.8 Å². The van der Waals surface area contributed by atoms with Crippen molar-refractivity contribution < 1.29 is 9.59 Å². The summed E-state index contributed by atoms with van der Waals surface area (Å²) >= 11 is 0. The standard InChI is InChI=1S/C16H18N2O2/c19-14(11-6-7-11)18-13-12(10-4-2-1-3-5-10)17-15(20)16(13)8-9-16/h1-5,11-13H,6-9H2,(H,17,20)(H,18,19)/t12-,13?/m1/s1. The Morgan fingerprint density at radius 2 is 1.90 bits per heavy atom. The van der Waals surface area contributed by atoms with Crippen LogP contribution in [0.3, 0.4) is 0 Å². The Labute approximate surface area is 117 Å². The van der Waals surface area contributed by atoms with E-state index in [-0.39, 0.29) is 35.2 Å². The second kappa shape index (κ2) is 4.08. The first-order valence-electron chi connectivity index (χ1n) is 7.37.